The lowest BCUT2D eigenvalue weighted by Crippen LogP contribution is -2.47. The van der Waals surface area contributed by atoms with E-state index >= 15 is 0 Å². The fourth-order valence-electron chi connectivity index (χ4n) is 3.69. The minimum absolute atomic E-state index is 0.313. The Morgan fingerprint density at radius 3 is 2.19 bits per heavy atom. The largest absolute Gasteiger partial charge is 0.369 e. The van der Waals surface area contributed by atoms with E-state index in [-0.39, 0.29) is 6.04 Å². The van der Waals surface area contributed by atoms with E-state index in [1.165, 1.54) is 5.69 Å². The first-order valence-electron chi connectivity index (χ1n) is 9.28. The van der Waals surface area contributed by atoms with Crippen LogP contribution in [0.5, 0.6) is 0 Å². The summed E-state index contributed by atoms with van der Waals surface area (Å²) in [6.45, 7) is 3.54. The summed E-state index contributed by atoms with van der Waals surface area (Å²) in [6, 6.07) is 22.7. The summed E-state index contributed by atoms with van der Waals surface area (Å²) in [5, 5.41) is 9.83. The van der Waals surface area contributed by atoms with Crippen LogP contribution in [-0.2, 0) is 7.05 Å². The summed E-state index contributed by atoms with van der Waals surface area (Å²) in [7, 11) is 1.99. The monoisotopic (exact) mass is 357 g/mol. The Morgan fingerprint density at radius 1 is 0.926 bits per heavy atom. The van der Waals surface area contributed by atoms with Crippen LogP contribution in [0.1, 0.15) is 11.7 Å². The SMILES string of the molecule is Cn1cc(C(C#N)N2CCN(c3ccccc3)CC2)nc1-c1ccccc1. The highest BCUT2D eigenvalue weighted by molar-refractivity contribution is 5.56. The van der Waals surface area contributed by atoms with Gasteiger partial charge in [-0.3, -0.25) is 4.90 Å². The third kappa shape index (κ3) is 3.57. The lowest BCUT2D eigenvalue weighted by atomic mass is 10.1. The van der Waals surface area contributed by atoms with E-state index < -0.39 is 0 Å². The standard InChI is InChI=1S/C22H23N5/c1-25-17-20(24-22(25)18-8-4-2-5-9-18)21(16-23)27-14-12-26(13-15-27)19-10-6-3-7-11-19/h2-11,17,21H,12-15H2,1H3. The number of aromatic nitrogens is 2. The van der Waals surface area contributed by atoms with Gasteiger partial charge >= 0.3 is 0 Å². The Kier molecular flexibility index (Phi) is 4.91. The fraction of sp³-hybridized carbons (Fsp3) is 0.273. The van der Waals surface area contributed by atoms with Crippen LogP contribution in [-0.4, -0.2) is 40.6 Å². The second-order valence-corrected chi connectivity index (χ2v) is 6.86. The van der Waals surface area contributed by atoms with Gasteiger partial charge in [0.05, 0.1) is 11.8 Å². The molecule has 0 saturated carbocycles. The average molecular weight is 357 g/mol. The number of nitrogens with zero attached hydrogens (tertiary/aromatic N) is 5. The van der Waals surface area contributed by atoms with E-state index in [0.29, 0.717) is 0 Å². The number of nitriles is 1. The highest BCUT2D eigenvalue weighted by Crippen LogP contribution is 2.26. The van der Waals surface area contributed by atoms with Crippen molar-refractivity contribution in [3.8, 4) is 17.5 Å². The van der Waals surface area contributed by atoms with Gasteiger partial charge in [-0.05, 0) is 12.1 Å². The van der Waals surface area contributed by atoms with Crippen molar-refractivity contribution in [1.82, 2.24) is 14.5 Å². The molecule has 1 atom stereocenters. The van der Waals surface area contributed by atoms with Crippen LogP contribution in [0.3, 0.4) is 0 Å². The number of hydrogen-bond acceptors (Lipinski definition) is 4. The molecule has 1 fully saturated rings. The number of para-hydroxylation sites is 1. The van der Waals surface area contributed by atoms with Crippen molar-refractivity contribution in [1.29, 1.82) is 5.26 Å². The molecule has 5 nitrogen and oxygen atoms in total. The molecule has 0 radical (unpaired) electrons. The van der Waals surface area contributed by atoms with Crippen molar-refractivity contribution < 1.29 is 0 Å². The van der Waals surface area contributed by atoms with E-state index in [9.17, 15) is 5.26 Å². The molecule has 4 rings (SSSR count). The zero-order valence-electron chi connectivity index (χ0n) is 15.5. The number of piperazine rings is 1. The normalized spacial score (nSPS) is 16.1. The zero-order chi connectivity index (χ0) is 18.6. The maximum Gasteiger partial charge on any atom is 0.142 e. The highest BCUT2D eigenvalue weighted by Gasteiger charge is 2.27. The molecule has 2 aromatic carbocycles. The second-order valence-electron chi connectivity index (χ2n) is 6.86. The van der Waals surface area contributed by atoms with Gasteiger partial charge in [0.15, 0.2) is 0 Å². The fourth-order valence-corrected chi connectivity index (χ4v) is 3.69. The lowest BCUT2D eigenvalue weighted by Gasteiger charge is -2.37. The molecule has 0 spiro atoms. The van der Waals surface area contributed by atoms with Crippen molar-refractivity contribution in [3.63, 3.8) is 0 Å². The number of rotatable bonds is 4. The van der Waals surface area contributed by atoms with E-state index in [1.807, 2.05) is 54.2 Å². The van der Waals surface area contributed by atoms with E-state index in [2.05, 4.69) is 40.1 Å². The van der Waals surface area contributed by atoms with Gasteiger partial charge in [-0.1, -0.05) is 48.5 Å². The molecule has 3 aromatic rings. The molecule has 0 amide bonds. The number of imidazole rings is 1. The van der Waals surface area contributed by atoms with Gasteiger partial charge in [0.25, 0.3) is 0 Å². The van der Waals surface area contributed by atoms with Crippen molar-refractivity contribution in [2.75, 3.05) is 31.1 Å². The second kappa shape index (κ2) is 7.65. The molecule has 0 N–H and O–H groups in total. The van der Waals surface area contributed by atoms with Crippen LogP contribution < -0.4 is 4.90 Å². The molecule has 1 unspecified atom stereocenters. The summed E-state index contributed by atoms with van der Waals surface area (Å²) in [5.74, 6) is 0.897. The van der Waals surface area contributed by atoms with Crippen LogP contribution in [0.2, 0.25) is 0 Å². The first kappa shape index (κ1) is 17.3. The molecular formula is C22H23N5. The van der Waals surface area contributed by atoms with Gasteiger partial charge in [-0.15, -0.1) is 0 Å². The Bertz CT molecular complexity index is 918. The third-order valence-corrected chi connectivity index (χ3v) is 5.13. The van der Waals surface area contributed by atoms with E-state index in [0.717, 1.165) is 43.3 Å². The zero-order valence-corrected chi connectivity index (χ0v) is 15.5. The summed E-state index contributed by atoms with van der Waals surface area (Å²) < 4.78 is 2.01. The molecule has 2 heterocycles. The molecule has 1 aliphatic heterocycles. The molecule has 1 aromatic heterocycles. The van der Waals surface area contributed by atoms with Gasteiger partial charge in [-0.2, -0.15) is 5.26 Å². The predicted molar refractivity (Wildman–Crippen MR) is 107 cm³/mol. The highest BCUT2D eigenvalue weighted by atomic mass is 15.3. The van der Waals surface area contributed by atoms with Crippen molar-refractivity contribution in [2.45, 2.75) is 6.04 Å². The van der Waals surface area contributed by atoms with E-state index in [4.69, 9.17) is 4.98 Å². The van der Waals surface area contributed by atoms with Gasteiger partial charge < -0.3 is 9.47 Å². The molecule has 0 bridgehead atoms. The molecule has 1 aliphatic rings. The average Bonchev–Trinajstić information content (AvgIpc) is 3.12. The summed E-state index contributed by atoms with van der Waals surface area (Å²) in [6.07, 6.45) is 1.99. The molecule has 136 valence electrons. The molecule has 0 aliphatic carbocycles. The van der Waals surface area contributed by atoms with Crippen molar-refractivity contribution in [2.24, 2.45) is 7.05 Å². The minimum Gasteiger partial charge on any atom is -0.369 e. The van der Waals surface area contributed by atoms with E-state index in [1.54, 1.807) is 0 Å². The van der Waals surface area contributed by atoms with Gasteiger partial charge in [0.2, 0.25) is 0 Å². The van der Waals surface area contributed by atoms with Crippen LogP contribution in [0, 0.1) is 11.3 Å². The van der Waals surface area contributed by atoms with Gasteiger partial charge in [0.1, 0.15) is 11.9 Å². The van der Waals surface area contributed by atoms with Crippen molar-refractivity contribution in [3.05, 3.63) is 72.6 Å². The predicted octanol–water partition coefficient (Wildman–Crippen LogP) is 3.47. The van der Waals surface area contributed by atoms with Crippen LogP contribution in [0.25, 0.3) is 11.4 Å². The molecular weight excluding hydrogens is 334 g/mol. The topological polar surface area (TPSA) is 48.1 Å². The number of hydrogen-bond donors (Lipinski definition) is 0. The van der Waals surface area contributed by atoms with Crippen molar-refractivity contribution >= 4 is 5.69 Å². The molecule has 27 heavy (non-hydrogen) atoms. The molecule has 1 saturated heterocycles. The van der Waals surface area contributed by atoms with Crippen LogP contribution in [0.15, 0.2) is 66.9 Å². The smallest absolute Gasteiger partial charge is 0.142 e. The Hall–Kier alpha value is -3.10. The van der Waals surface area contributed by atoms with Crippen LogP contribution >= 0.6 is 0 Å². The maximum absolute atomic E-state index is 9.83. The number of anilines is 1. The van der Waals surface area contributed by atoms with Crippen LogP contribution in [0.4, 0.5) is 5.69 Å². The number of aryl methyl sites for hydroxylation is 1. The van der Waals surface area contributed by atoms with Gasteiger partial charge in [-0.25, -0.2) is 4.98 Å². The Morgan fingerprint density at radius 2 is 1.56 bits per heavy atom. The van der Waals surface area contributed by atoms with Gasteiger partial charge in [0, 0.05) is 50.7 Å². The third-order valence-electron chi connectivity index (χ3n) is 5.13. The minimum atomic E-state index is -0.313. The summed E-state index contributed by atoms with van der Waals surface area (Å²) in [5.41, 5.74) is 3.14. The maximum atomic E-state index is 9.83. The Labute approximate surface area is 160 Å². The first-order valence-corrected chi connectivity index (χ1v) is 9.28. The first-order chi connectivity index (χ1) is 13.3. The Balaban J connectivity index is 1.50. The summed E-state index contributed by atoms with van der Waals surface area (Å²) in [4.78, 5) is 9.40. The quantitative estimate of drug-likeness (QED) is 0.717. The number of benzene rings is 2. The molecule has 5 heteroatoms. The summed E-state index contributed by atoms with van der Waals surface area (Å²) >= 11 is 0. The lowest BCUT2D eigenvalue weighted by molar-refractivity contribution is 0.219.